The molecular formula is C10H8N2O. The van der Waals surface area contributed by atoms with E-state index in [0.29, 0.717) is 11.3 Å². The van der Waals surface area contributed by atoms with Gasteiger partial charge in [0.2, 0.25) is 0 Å². The van der Waals surface area contributed by atoms with Crippen LogP contribution in [0.2, 0.25) is 0 Å². The van der Waals surface area contributed by atoms with Crippen molar-refractivity contribution in [2.45, 2.75) is 0 Å². The molecule has 2 rings (SSSR count). The van der Waals surface area contributed by atoms with Crippen molar-refractivity contribution < 1.29 is 4.79 Å². The molecule has 64 valence electrons. The molecule has 1 aromatic heterocycles. The molecule has 0 aliphatic heterocycles. The number of pyridine rings is 1. The minimum Gasteiger partial charge on any atom is -0.397 e. The lowest BCUT2D eigenvalue weighted by molar-refractivity contribution is 0.112. The average Bonchev–Trinajstić information content (AvgIpc) is 2.18. The number of hydrogen-bond donors (Lipinski definition) is 1. The number of carbonyl (C=O) groups is 1. The second-order valence-electron chi connectivity index (χ2n) is 2.76. The average molecular weight is 172 g/mol. The Bertz CT molecular complexity index is 465. The van der Waals surface area contributed by atoms with Crippen LogP contribution in [-0.4, -0.2) is 11.3 Å². The number of nitrogens with two attached hydrogens (primary N) is 1. The van der Waals surface area contributed by atoms with Crippen molar-refractivity contribution >= 4 is 22.9 Å². The molecule has 0 saturated carbocycles. The van der Waals surface area contributed by atoms with Gasteiger partial charge in [0.1, 0.15) is 0 Å². The van der Waals surface area contributed by atoms with Gasteiger partial charge in [-0.2, -0.15) is 0 Å². The largest absolute Gasteiger partial charge is 0.397 e. The molecule has 0 bridgehead atoms. The van der Waals surface area contributed by atoms with Crippen LogP contribution in [0.1, 0.15) is 10.4 Å². The van der Waals surface area contributed by atoms with Gasteiger partial charge in [-0.25, -0.2) is 0 Å². The Morgan fingerprint density at radius 2 is 2.08 bits per heavy atom. The topological polar surface area (TPSA) is 56.0 Å². The third-order valence-corrected chi connectivity index (χ3v) is 1.97. The highest BCUT2D eigenvalue weighted by atomic mass is 16.1. The molecule has 0 saturated heterocycles. The van der Waals surface area contributed by atoms with E-state index in [0.717, 1.165) is 17.2 Å². The minimum absolute atomic E-state index is 0.425. The van der Waals surface area contributed by atoms with Crippen molar-refractivity contribution in [3.63, 3.8) is 0 Å². The Balaban J connectivity index is 2.91. The number of aromatic nitrogens is 1. The first-order valence-corrected chi connectivity index (χ1v) is 3.91. The SMILES string of the molecule is Nc1cnc2ccccc2c1C=O. The van der Waals surface area contributed by atoms with E-state index in [9.17, 15) is 4.79 Å². The van der Waals surface area contributed by atoms with Gasteiger partial charge in [-0.3, -0.25) is 9.78 Å². The van der Waals surface area contributed by atoms with Crippen LogP contribution in [0, 0.1) is 0 Å². The molecule has 3 heteroatoms. The fourth-order valence-electron chi connectivity index (χ4n) is 1.31. The Morgan fingerprint density at radius 3 is 2.85 bits per heavy atom. The number of para-hydroxylation sites is 1. The lowest BCUT2D eigenvalue weighted by Crippen LogP contribution is -1.95. The maximum atomic E-state index is 10.7. The van der Waals surface area contributed by atoms with Gasteiger partial charge in [-0.1, -0.05) is 18.2 Å². The Kier molecular flexibility index (Phi) is 1.70. The summed E-state index contributed by atoms with van der Waals surface area (Å²) in [5.74, 6) is 0. The number of nitrogen functional groups attached to an aromatic ring is 1. The molecule has 0 amide bonds. The van der Waals surface area contributed by atoms with Crippen molar-refractivity contribution in [3.05, 3.63) is 36.0 Å². The highest BCUT2D eigenvalue weighted by Crippen LogP contribution is 2.19. The molecule has 0 radical (unpaired) electrons. The Morgan fingerprint density at radius 1 is 1.31 bits per heavy atom. The van der Waals surface area contributed by atoms with E-state index in [-0.39, 0.29) is 0 Å². The maximum Gasteiger partial charge on any atom is 0.152 e. The van der Waals surface area contributed by atoms with E-state index >= 15 is 0 Å². The number of benzene rings is 1. The predicted molar refractivity (Wildman–Crippen MR) is 51.5 cm³/mol. The second-order valence-corrected chi connectivity index (χ2v) is 2.76. The van der Waals surface area contributed by atoms with E-state index in [1.807, 2.05) is 24.3 Å². The molecule has 0 aliphatic carbocycles. The highest BCUT2D eigenvalue weighted by Gasteiger charge is 2.03. The summed E-state index contributed by atoms with van der Waals surface area (Å²) < 4.78 is 0. The monoisotopic (exact) mass is 172 g/mol. The fraction of sp³-hybridized carbons (Fsp3) is 0. The van der Waals surface area contributed by atoms with Gasteiger partial charge in [0.25, 0.3) is 0 Å². The van der Waals surface area contributed by atoms with Crippen LogP contribution in [0.5, 0.6) is 0 Å². The zero-order valence-electron chi connectivity index (χ0n) is 6.90. The molecule has 0 aliphatic rings. The van der Waals surface area contributed by atoms with Crippen molar-refractivity contribution in [2.75, 3.05) is 5.73 Å². The molecule has 3 nitrogen and oxygen atoms in total. The zero-order chi connectivity index (χ0) is 9.26. The minimum atomic E-state index is 0.425. The summed E-state index contributed by atoms with van der Waals surface area (Å²) in [4.78, 5) is 14.8. The van der Waals surface area contributed by atoms with Gasteiger partial charge in [0, 0.05) is 10.9 Å². The molecule has 2 N–H and O–H groups in total. The Hall–Kier alpha value is -1.90. The van der Waals surface area contributed by atoms with Crippen LogP contribution in [0.3, 0.4) is 0 Å². The van der Waals surface area contributed by atoms with Gasteiger partial charge < -0.3 is 5.73 Å². The van der Waals surface area contributed by atoms with Crippen molar-refractivity contribution in [3.8, 4) is 0 Å². The molecule has 0 atom stereocenters. The first-order chi connectivity index (χ1) is 6.33. The van der Waals surface area contributed by atoms with E-state index in [1.54, 1.807) is 0 Å². The van der Waals surface area contributed by atoms with Gasteiger partial charge >= 0.3 is 0 Å². The summed E-state index contributed by atoms with van der Waals surface area (Å²) in [7, 11) is 0. The van der Waals surface area contributed by atoms with E-state index in [1.165, 1.54) is 6.20 Å². The number of rotatable bonds is 1. The summed E-state index contributed by atoms with van der Waals surface area (Å²) in [5, 5.41) is 0.803. The van der Waals surface area contributed by atoms with Gasteiger partial charge in [0.15, 0.2) is 6.29 Å². The second kappa shape index (κ2) is 2.86. The lowest BCUT2D eigenvalue weighted by atomic mass is 10.1. The highest BCUT2D eigenvalue weighted by molar-refractivity contribution is 6.00. The third kappa shape index (κ3) is 1.14. The Labute approximate surface area is 75.2 Å². The van der Waals surface area contributed by atoms with Crippen LogP contribution in [0.15, 0.2) is 30.5 Å². The van der Waals surface area contributed by atoms with E-state index in [2.05, 4.69) is 4.98 Å². The summed E-state index contributed by atoms with van der Waals surface area (Å²) in [6.07, 6.45) is 2.27. The molecule has 2 aromatic rings. The number of aldehydes is 1. The number of carbonyl (C=O) groups excluding carboxylic acids is 1. The lowest BCUT2D eigenvalue weighted by Gasteiger charge is -2.02. The number of fused-ring (bicyclic) bond motifs is 1. The van der Waals surface area contributed by atoms with E-state index < -0.39 is 0 Å². The maximum absolute atomic E-state index is 10.7. The fourth-order valence-corrected chi connectivity index (χ4v) is 1.31. The van der Waals surface area contributed by atoms with Crippen molar-refractivity contribution in [2.24, 2.45) is 0 Å². The summed E-state index contributed by atoms with van der Waals surface area (Å²) >= 11 is 0. The molecular weight excluding hydrogens is 164 g/mol. The van der Waals surface area contributed by atoms with Gasteiger partial charge in [0.05, 0.1) is 17.4 Å². The smallest absolute Gasteiger partial charge is 0.152 e. The summed E-state index contributed by atoms with van der Waals surface area (Å²) in [6.45, 7) is 0. The molecule has 13 heavy (non-hydrogen) atoms. The third-order valence-electron chi connectivity index (χ3n) is 1.97. The summed E-state index contributed by atoms with van der Waals surface area (Å²) in [5.41, 5.74) is 7.34. The summed E-state index contributed by atoms with van der Waals surface area (Å²) in [6, 6.07) is 7.42. The van der Waals surface area contributed by atoms with Crippen LogP contribution in [0.25, 0.3) is 10.9 Å². The number of anilines is 1. The molecule has 1 aromatic carbocycles. The number of hydrogen-bond acceptors (Lipinski definition) is 3. The van der Waals surface area contributed by atoms with Gasteiger partial charge in [-0.05, 0) is 6.07 Å². The molecule has 0 spiro atoms. The van der Waals surface area contributed by atoms with Crippen molar-refractivity contribution in [1.82, 2.24) is 4.98 Å². The molecule has 0 fully saturated rings. The quantitative estimate of drug-likeness (QED) is 0.665. The standard InChI is InChI=1S/C10H8N2O/c11-9-5-12-10-4-2-1-3-7(10)8(9)6-13/h1-6H,11H2. The molecule has 0 unspecified atom stereocenters. The number of nitrogens with zero attached hydrogens (tertiary/aromatic N) is 1. The van der Waals surface area contributed by atoms with Crippen LogP contribution in [0.4, 0.5) is 5.69 Å². The van der Waals surface area contributed by atoms with Crippen LogP contribution >= 0.6 is 0 Å². The first kappa shape index (κ1) is 7.73. The van der Waals surface area contributed by atoms with Crippen LogP contribution in [-0.2, 0) is 0 Å². The van der Waals surface area contributed by atoms with Crippen molar-refractivity contribution in [1.29, 1.82) is 0 Å². The molecule has 1 heterocycles. The normalized spacial score (nSPS) is 10.2. The zero-order valence-corrected chi connectivity index (χ0v) is 6.90. The van der Waals surface area contributed by atoms with Crippen LogP contribution < -0.4 is 5.73 Å². The van der Waals surface area contributed by atoms with E-state index in [4.69, 9.17) is 5.73 Å². The predicted octanol–water partition coefficient (Wildman–Crippen LogP) is 1.63. The first-order valence-electron chi connectivity index (χ1n) is 3.91. The van der Waals surface area contributed by atoms with Gasteiger partial charge in [-0.15, -0.1) is 0 Å².